The molecule has 0 fully saturated rings. The largest absolute Gasteiger partial charge is 0.0882 e. The van der Waals surface area contributed by atoms with Crippen molar-refractivity contribution in [1.82, 2.24) is 0 Å². The summed E-state index contributed by atoms with van der Waals surface area (Å²) in [5, 5.41) is 0. The first-order valence-electron chi connectivity index (χ1n) is 4.95. The van der Waals surface area contributed by atoms with Crippen molar-refractivity contribution >= 4 is 0 Å². The average molecular weight is 173 g/mol. The molecule has 0 N–H and O–H groups in total. The highest BCUT2D eigenvalue weighted by Gasteiger charge is 1.80. The van der Waals surface area contributed by atoms with Crippen molar-refractivity contribution in [2.75, 3.05) is 0 Å². The molecule has 0 heteroatoms. The van der Waals surface area contributed by atoms with E-state index in [4.69, 9.17) is 0 Å². The van der Waals surface area contributed by atoms with Crippen molar-refractivity contribution in [3.63, 3.8) is 0 Å². The van der Waals surface area contributed by atoms with Gasteiger partial charge in [0, 0.05) is 0 Å². The smallest absolute Gasteiger partial charge is 0.0130 e. The van der Waals surface area contributed by atoms with Crippen LogP contribution in [-0.4, -0.2) is 0 Å². The van der Waals surface area contributed by atoms with E-state index in [0.29, 0.717) is 0 Å². The highest BCUT2D eigenvalue weighted by atomic mass is 13.9. The predicted molar refractivity (Wildman–Crippen MR) is 59.3 cm³/mol. The van der Waals surface area contributed by atoms with Crippen LogP contribution in [0.4, 0.5) is 0 Å². The zero-order valence-corrected chi connectivity index (χ0v) is 8.02. The van der Waals surface area contributed by atoms with Gasteiger partial charge in [-0.2, -0.15) is 0 Å². The maximum absolute atomic E-state index is 2.25. The van der Waals surface area contributed by atoms with Gasteiger partial charge >= 0.3 is 0 Å². The third kappa shape index (κ3) is 6.15. The third-order valence-electron chi connectivity index (χ3n) is 1.87. The fraction of sp³-hybridized carbons (Fsp3) is 0.308. The van der Waals surface area contributed by atoms with Crippen LogP contribution in [0.5, 0.6) is 0 Å². The van der Waals surface area contributed by atoms with Crippen LogP contribution < -0.4 is 0 Å². The van der Waals surface area contributed by atoms with Crippen molar-refractivity contribution < 1.29 is 0 Å². The molecule has 0 amide bonds. The lowest BCUT2D eigenvalue weighted by atomic mass is 10.2. The summed E-state index contributed by atoms with van der Waals surface area (Å²) in [7, 11) is 0. The summed E-state index contributed by atoms with van der Waals surface area (Å²) >= 11 is 0. The second-order valence-corrected chi connectivity index (χ2v) is 3.04. The van der Waals surface area contributed by atoms with Gasteiger partial charge in [-0.05, 0) is 32.1 Å². The number of hydrogen-bond donors (Lipinski definition) is 0. The summed E-state index contributed by atoms with van der Waals surface area (Å²) in [6.45, 7) is 0. The van der Waals surface area contributed by atoms with Crippen LogP contribution in [-0.2, 0) is 0 Å². The molecule has 1 rings (SSSR count). The van der Waals surface area contributed by atoms with E-state index in [2.05, 4.69) is 55.0 Å². The Bertz CT molecular complexity index is 216. The molecule has 0 heterocycles. The molecule has 0 atom stereocenters. The molecule has 0 bridgehead atoms. The van der Waals surface area contributed by atoms with E-state index in [-0.39, 0.29) is 0 Å². The van der Waals surface area contributed by atoms with Gasteiger partial charge in [-0.25, -0.2) is 0 Å². The van der Waals surface area contributed by atoms with E-state index in [1.165, 1.54) is 0 Å². The zero-order valence-electron chi connectivity index (χ0n) is 8.02. The van der Waals surface area contributed by atoms with E-state index >= 15 is 0 Å². The lowest BCUT2D eigenvalue weighted by Crippen LogP contribution is -1.67. The molecule has 0 aromatic rings. The van der Waals surface area contributed by atoms with Crippen LogP contribution in [0, 0.1) is 6.42 Å². The number of rotatable bonds is 0. The van der Waals surface area contributed by atoms with E-state index in [1.54, 1.807) is 0 Å². The summed E-state index contributed by atoms with van der Waals surface area (Å²) in [5.74, 6) is 0. The molecule has 1 aliphatic carbocycles. The molecule has 13 heavy (non-hydrogen) atoms. The summed E-state index contributed by atoms with van der Waals surface area (Å²) in [6, 6.07) is 0. The molecule has 0 saturated heterocycles. The predicted octanol–water partition coefficient (Wildman–Crippen LogP) is 3.99. The normalized spacial score (nSPS) is 28.9. The van der Waals surface area contributed by atoms with Gasteiger partial charge in [0.1, 0.15) is 0 Å². The summed E-state index contributed by atoms with van der Waals surface area (Å²) in [6.07, 6.45) is 24.0. The zero-order chi connectivity index (χ0) is 9.19. The van der Waals surface area contributed by atoms with Gasteiger partial charge in [-0.3, -0.25) is 0 Å². The van der Waals surface area contributed by atoms with Crippen molar-refractivity contribution in [2.24, 2.45) is 0 Å². The molecule has 0 nitrogen and oxygen atoms in total. The van der Waals surface area contributed by atoms with Crippen LogP contribution in [0.3, 0.4) is 0 Å². The van der Waals surface area contributed by atoms with Gasteiger partial charge in [0.05, 0.1) is 0 Å². The first-order chi connectivity index (χ1) is 6.50. The minimum atomic E-state index is 1.05. The van der Waals surface area contributed by atoms with Gasteiger partial charge in [0.25, 0.3) is 0 Å². The van der Waals surface area contributed by atoms with E-state index < -0.39 is 0 Å². The maximum atomic E-state index is 2.25. The molecule has 0 aliphatic heterocycles. The molecule has 0 aromatic heterocycles. The van der Waals surface area contributed by atoms with Crippen LogP contribution in [0.2, 0.25) is 0 Å². The molecule has 1 radical (unpaired) electrons. The topological polar surface area (TPSA) is 0 Å². The Kier molecular flexibility index (Phi) is 5.87. The summed E-state index contributed by atoms with van der Waals surface area (Å²) < 4.78 is 0. The Hall–Kier alpha value is -1.04. The molecule has 0 unspecified atom stereocenters. The Morgan fingerprint density at radius 1 is 0.538 bits per heavy atom. The fourth-order valence-electron chi connectivity index (χ4n) is 1.16. The maximum Gasteiger partial charge on any atom is -0.0130 e. The third-order valence-corrected chi connectivity index (χ3v) is 1.87. The lowest BCUT2D eigenvalue weighted by molar-refractivity contribution is 1.03. The summed E-state index contributed by atoms with van der Waals surface area (Å²) in [4.78, 5) is 0. The van der Waals surface area contributed by atoms with Crippen molar-refractivity contribution in [3.05, 3.63) is 55.0 Å². The molecular formula is C13H17. The average Bonchev–Trinajstić information content (AvgIpc) is 2.18. The van der Waals surface area contributed by atoms with Crippen LogP contribution in [0.15, 0.2) is 48.6 Å². The van der Waals surface area contributed by atoms with Crippen molar-refractivity contribution in [2.45, 2.75) is 25.7 Å². The molecule has 0 spiro atoms. The SMILES string of the molecule is [CH]1/C=C/C=C/C/C=C/CC/C=C/C1. The Balaban J connectivity index is 2.38. The van der Waals surface area contributed by atoms with Crippen molar-refractivity contribution in [1.29, 1.82) is 0 Å². The quantitative estimate of drug-likeness (QED) is 0.486. The highest BCUT2D eigenvalue weighted by Crippen LogP contribution is 1.99. The van der Waals surface area contributed by atoms with Gasteiger partial charge in [-0.15, -0.1) is 0 Å². The second kappa shape index (κ2) is 7.60. The number of allylic oxidation sites excluding steroid dienone is 8. The minimum Gasteiger partial charge on any atom is -0.0882 e. The first kappa shape index (κ1) is 10.0. The lowest BCUT2D eigenvalue weighted by Gasteiger charge is -1.86. The van der Waals surface area contributed by atoms with E-state index in [1.807, 2.05) is 0 Å². The fourth-order valence-corrected chi connectivity index (χ4v) is 1.16. The Morgan fingerprint density at radius 3 is 2.15 bits per heavy atom. The van der Waals surface area contributed by atoms with Crippen molar-refractivity contribution in [3.8, 4) is 0 Å². The molecular weight excluding hydrogens is 156 g/mol. The van der Waals surface area contributed by atoms with Crippen LogP contribution in [0.1, 0.15) is 25.7 Å². The summed E-state index contributed by atoms with van der Waals surface area (Å²) in [5.41, 5.74) is 0. The van der Waals surface area contributed by atoms with Crippen LogP contribution >= 0.6 is 0 Å². The van der Waals surface area contributed by atoms with E-state index in [0.717, 1.165) is 25.7 Å². The van der Waals surface area contributed by atoms with Gasteiger partial charge in [-0.1, -0.05) is 48.6 Å². The van der Waals surface area contributed by atoms with Gasteiger partial charge in [0.2, 0.25) is 0 Å². The first-order valence-corrected chi connectivity index (χ1v) is 4.95. The minimum absolute atomic E-state index is 1.05. The van der Waals surface area contributed by atoms with Gasteiger partial charge < -0.3 is 0 Å². The molecule has 69 valence electrons. The van der Waals surface area contributed by atoms with Gasteiger partial charge in [0.15, 0.2) is 0 Å². The van der Waals surface area contributed by atoms with Crippen LogP contribution in [0.25, 0.3) is 0 Å². The highest BCUT2D eigenvalue weighted by molar-refractivity contribution is 5.10. The number of hydrogen-bond acceptors (Lipinski definition) is 0. The molecule has 0 saturated carbocycles. The molecule has 1 aliphatic rings. The standard InChI is InChI=1S/C13H17/c1-2-4-6-8-10-12-13-11-9-7-5-3-1/h1-5,8-11H,6-7,12-13H2/b2-1+,5-3+,10-8+,11-9+. The second-order valence-electron chi connectivity index (χ2n) is 3.04. The van der Waals surface area contributed by atoms with E-state index in [9.17, 15) is 0 Å². The Labute approximate surface area is 81.4 Å². The monoisotopic (exact) mass is 173 g/mol. The molecule has 0 aromatic carbocycles. The Morgan fingerprint density at radius 2 is 1.31 bits per heavy atom.